The van der Waals surface area contributed by atoms with Crippen LogP contribution in [0, 0.1) is 0 Å². The van der Waals surface area contributed by atoms with Crippen LogP contribution in [-0.2, 0) is 11.3 Å². The normalized spacial score (nSPS) is 21.8. The summed E-state index contributed by atoms with van der Waals surface area (Å²) in [6.07, 6.45) is 5.68. The molecule has 0 aliphatic carbocycles. The van der Waals surface area contributed by atoms with Gasteiger partial charge in [-0.2, -0.15) is 0 Å². The Bertz CT molecular complexity index is 799. The maximum absolute atomic E-state index is 12.5. The van der Waals surface area contributed by atoms with Crippen LogP contribution in [0.3, 0.4) is 0 Å². The van der Waals surface area contributed by atoms with E-state index in [0.717, 1.165) is 24.5 Å². The van der Waals surface area contributed by atoms with Crippen molar-refractivity contribution in [2.75, 3.05) is 26.2 Å². The smallest absolute Gasteiger partial charge is 0.262 e. The monoisotopic (exact) mass is 346 g/mol. The Morgan fingerprint density at radius 1 is 1.29 bits per heavy atom. The average Bonchev–Trinajstić information content (AvgIpc) is 3.10. The lowest BCUT2D eigenvalue weighted by molar-refractivity contribution is -0.135. The summed E-state index contributed by atoms with van der Waals surface area (Å²) in [7, 11) is 0. The van der Waals surface area contributed by atoms with Crippen molar-refractivity contribution in [2.24, 2.45) is 0 Å². The highest BCUT2D eigenvalue weighted by Crippen LogP contribution is 2.21. The molecule has 0 unspecified atom stereocenters. The molecule has 2 saturated heterocycles. The third kappa shape index (κ3) is 2.98. The SMILES string of the molecule is O=C(CCn1cnc2sccc2c1=O)N1CCN2CCCC[C@@H]2C1. The van der Waals surface area contributed by atoms with E-state index >= 15 is 0 Å². The molecule has 6 nitrogen and oxygen atoms in total. The molecule has 128 valence electrons. The lowest BCUT2D eigenvalue weighted by Crippen LogP contribution is -2.56. The molecule has 2 aliphatic rings. The molecule has 2 fully saturated rings. The Kier molecular flexibility index (Phi) is 4.37. The van der Waals surface area contributed by atoms with Gasteiger partial charge in [0.25, 0.3) is 5.56 Å². The standard InChI is InChI=1S/C17H22N4O2S/c22-15(20-9-8-19-6-2-1-3-13(19)11-20)4-7-21-12-18-16-14(17(21)23)5-10-24-16/h5,10,12-13H,1-4,6-9,11H2/t13-/m1/s1. The quantitative estimate of drug-likeness (QED) is 0.846. The van der Waals surface area contributed by atoms with Gasteiger partial charge in [0.15, 0.2) is 0 Å². The van der Waals surface area contributed by atoms with E-state index in [9.17, 15) is 9.59 Å². The van der Waals surface area contributed by atoms with Gasteiger partial charge in [-0.3, -0.25) is 19.1 Å². The summed E-state index contributed by atoms with van der Waals surface area (Å²) in [6.45, 7) is 4.22. The number of nitrogens with zero attached hydrogens (tertiary/aromatic N) is 4. The summed E-state index contributed by atoms with van der Waals surface area (Å²) in [4.78, 5) is 34.5. The number of hydrogen-bond acceptors (Lipinski definition) is 5. The van der Waals surface area contributed by atoms with Gasteiger partial charge in [0.1, 0.15) is 4.83 Å². The highest BCUT2D eigenvalue weighted by atomic mass is 32.1. The number of aryl methyl sites for hydroxylation is 1. The van der Waals surface area contributed by atoms with E-state index in [1.54, 1.807) is 17.0 Å². The number of carbonyl (C=O) groups excluding carboxylic acids is 1. The Labute approximate surface area is 144 Å². The molecule has 1 amide bonds. The number of thiophene rings is 1. The van der Waals surface area contributed by atoms with E-state index < -0.39 is 0 Å². The molecule has 0 radical (unpaired) electrons. The molecule has 7 heteroatoms. The minimum absolute atomic E-state index is 0.0499. The van der Waals surface area contributed by atoms with Crippen molar-refractivity contribution in [1.82, 2.24) is 19.4 Å². The number of hydrogen-bond donors (Lipinski definition) is 0. The van der Waals surface area contributed by atoms with Crippen LogP contribution in [0.5, 0.6) is 0 Å². The third-order valence-electron chi connectivity index (χ3n) is 5.21. The van der Waals surface area contributed by atoms with E-state index in [2.05, 4.69) is 9.88 Å². The average molecular weight is 346 g/mol. The van der Waals surface area contributed by atoms with Crippen molar-refractivity contribution < 1.29 is 4.79 Å². The molecule has 2 aromatic rings. The van der Waals surface area contributed by atoms with Crippen LogP contribution in [0.25, 0.3) is 10.2 Å². The van der Waals surface area contributed by atoms with Crippen molar-refractivity contribution in [1.29, 1.82) is 0 Å². The molecular weight excluding hydrogens is 324 g/mol. The first kappa shape index (κ1) is 15.8. The van der Waals surface area contributed by atoms with Gasteiger partial charge in [-0.05, 0) is 30.8 Å². The van der Waals surface area contributed by atoms with Gasteiger partial charge in [-0.25, -0.2) is 4.98 Å². The summed E-state index contributed by atoms with van der Waals surface area (Å²) in [6, 6.07) is 2.33. The zero-order valence-corrected chi connectivity index (χ0v) is 14.5. The summed E-state index contributed by atoms with van der Waals surface area (Å²) in [5, 5.41) is 2.52. The second-order valence-corrected chi connectivity index (χ2v) is 7.55. The molecule has 4 heterocycles. The second kappa shape index (κ2) is 6.64. The summed E-state index contributed by atoms with van der Waals surface area (Å²) < 4.78 is 1.56. The molecular formula is C17H22N4O2S. The molecule has 4 rings (SSSR count). The maximum atomic E-state index is 12.5. The first-order valence-electron chi connectivity index (χ1n) is 8.67. The highest BCUT2D eigenvalue weighted by Gasteiger charge is 2.30. The molecule has 2 aliphatic heterocycles. The number of carbonyl (C=O) groups is 1. The molecule has 0 aromatic carbocycles. The van der Waals surface area contributed by atoms with Crippen molar-refractivity contribution >= 4 is 27.5 Å². The zero-order chi connectivity index (χ0) is 16.5. The predicted molar refractivity (Wildman–Crippen MR) is 94.3 cm³/mol. The van der Waals surface area contributed by atoms with Crippen LogP contribution in [0.1, 0.15) is 25.7 Å². The number of amides is 1. The number of piperidine rings is 1. The minimum atomic E-state index is -0.0499. The number of rotatable bonds is 3. The van der Waals surface area contributed by atoms with E-state index in [-0.39, 0.29) is 11.5 Å². The Balaban J connectivity index is 1.39. The van der Waals surface area contributed by atoms with Gasteiger partial charge in [-0.1, -0.05) is 6.42 Å². The van der Waals surface area contributed by atoms with Gasteiger partial charge >= 0.3 is 0 Å². The lowest BCUT2D eigenvalue weighted by Gasteiger charge is -2.44. The lowest BCUT2D eigenvalue weighted by atomic mass is 9.99. The molecule has 0 saturated carbocycles. The van der Waals surface area contributed by atoms with Gasteiger partial charge in [0.05, 0.1) is 11.7 Å². The van der Waals surface area contributed by atoms with Gasteiger partial charge in [-0.15, -0.1) is 11.3 Å². The van der Waals surface area contributed by atoms with Crippen molar-refractivity contribution in [2.45, 2.75) is 38.3 Å². The molecule has 24 heavy (non-hydrogen) atoms. The number of piperazine rings is 1. The zero-order valence-electron chi connectivity index (χ0n) is 13.7. The van der Waals surface area contributed by atoms with Crippen molar-refractivity contribution in [3.05, 3.63) is 28.1 Å². The van der Waals surface area contributed by atoms with E-state index in [0.29, 0.717) is 24.4 Å². The van der Waals surface area contributed by atoms with Crippen LogP contribution in [0.2, 0.25) is 0 Å². The number of fused-ring (bicyclic) bond motifs is 2. The number of aromatic nitrogens is 2. The fourth-order valence-corrected chi connectivity index (χ4v) is 4.53. The van der Waals surface area contributed by atoms with Crippen LogP contribution in [0.4, 0.5) is 0 Å². The fraction of sp³-hybridized carbons (Fsp3) is 0.588. The predicted octanol–water partition coefficient (Wildman–Crippen LogP) is 1.54. The van der Waals surface area contributed by atoms with Gasteiger partial charge < -0.3 is 4.90 Å². The van der Waals surface area contributed by atoms with Gasteiger partial charge in [0, 0.05) is 38.6 Å². The van der Waals surface area contributed by atoms with Crippen LogP contribution >= 0.6 is 11.3 Å². The van der Waals surface area contributed by atoms with Crippen LogP contribution in [-0.4, -0.2) is 57.5 Å². The largest absolute Gasteiger partial charge is 0.340 e. The molecule has 0 N–H and O–H groups in total. The summed E-state index contributed by atoms with van der Waals surface area (Å²) in [5.74, 6) is 0.150. The van der Waals surface area contributed by atoms with Crippen LogP contribution < -0.4 is 5.56 Å². The Morgan fingerprint density at radius 2 is 2.21 bits per heavy atom. The molecule has 1 atom stereocenters. The fourth-order valence-electron chi connectivity index (χ4n) is 3.81. The first-order valence-corrected chi connectivity index (χ1v) is 9.55. The summed E-state index contributed by atoms with van der Waals surface area (Å²) in [5.41, 5.74) is -0.0499. The first-order chi connectivity index (χ1) is 11.7. The van der Waals surface area contributed by atoms with E-state index in [4.69, 9.17) is 0 Å². The molecule has 0 spiro atoms. The van der Waals surface area contributed by atoms with Gasteiger partial charge in [0.2, 0.25) is 5.91 Å². The molecule has 0 bridgehead atoms. The summed E-state index contributed by atoms with van der Waals surface area (Å²) >= 11 is 1.46. The van der Waals surface area contributed by atoms with Crippen molar-refractivity contribution in [3.63, 3.8) is 0 Å². The van der Waals surface area contributed by atoms with E-state index in [1.807, 2.05) is 10.3 Å². The topological polar surface area (TPSA) is 58.4 Å². The van der Waals surface area contributed by atoms with Crippen molar-refractivity contribution in [3.8, 4) is 0 Å². The maximum Gasteiger partial charge on any atom is 0.262 e. The van der Waals surface area contributed by atoms with E-state index in [1.165, 1.54) is 37.1 Å². The molecule has 2 aromatic heterocycles. The second-order valence-electron chi connectivity index (χ2n) is 6.66. The minimum Gasteiger partial charge on any atom is -0.340 e. The third-order valence-corrected chi connectivity index (χ3v) is 6.03. The highest BCUT2D eigenvalue weighted by molar-refractivity contribution is 7.16. The van der Waals surface area contributed by atoms with Crippen LogP contribution in [0.15, 0.2) is 22.6 Å². The Morgan fingerprint density at radius 3 is 3.12 bits per heavy atom. The Hall–Kier alpha value is -1.73.